The minimum Gasteiger partial charge on any atom is -0.287 e. The van der Waals surface area contributed by atoms with Crippen LogP contribution in [-0.2, 0) is 10.0 Å². The molecule has 2 N–H and O–H groups in total. The molecule has 1 unspecified atom stereocenters. The SMILES string of the molecule is CC(=S)N(O)C(C)C#Cc1cccc(S(=O)(=O)Nc2ccc(Cl)cc2)c1. The van der Waals surface area contributed by atoms with Crippen LogP contribution in [0.3, 0.4) is 0 Å². The zero-order valence-electron chi connectivity index (χ0n) is 14.1. The molecule has 1 atom stereocenters. The fourth-order valence-electron chi connectivity index (χ4n) is 1.99. The van der Waals surface area contributed by atoms with Gasteiger partial charge in [0.15, 0.2) is 0 Å². The van der Waals surface area contributed by atoms with Crippen LogP contribution in [0.25, 0.3) is 0 Å². The summed E-state index contributed by atoms with van der Waals surface area (Å²) in [5, 5.41) is 11.1. The molecule has 5 nitrogen and oxygen atoms in total. The molecule has 0 aliphatic rings. The Morgan fingerprint density at radius 3 is 2.54 bits per heavy atom. The Bertz CT molecular complexity index is 964. The van der Waals surface area contributed by atoms with Crippen LogP contribution in [0.15, 0.2) is 53.4 Å². The van der Waals surface area contributed by atoms with Crippen molar-refractivity contribution in [2.24, 2.45) is 0 Å². The van der Waals surface area contributed by atoms with Gasteiger partial charge in [-0.25, -0.2) is 13.5 Å². The second kappa shape index (κ2) is 8.52. The molecule has 8 heteroatoms. The Balaban J connectivity index is 2.23. The number of nitrogens with zero attached hydrogens (tertiary/aromatic N) is 1. The predicted octanol–water partition coefficient (Wildman–Crippen LogP) is 3.92. The molecule has 0 aromatic heterocycles. The van der Waals surface area contributed by atoms with E-state index < -0.39 is 16.1 Å². The van der Waals surface area contributed by atoms with Crippen LogP contribution in [0.4, 0.5) is 5.69 Å². The molecule has 26 heavy (non-hydrogen) atoms. The molecular weight excluding hydrogens is 392 g/mol. The Kier molecular flexibility index (Phi) is 6.62. The van der Waals surface area contributed by atoms with E-state index in [1.165, 1.54) is 12.1 Å². The average Bonchev–Trinajstić information content (AvgIpc) is 2.61. The molecule has 0 aliphatic heterocycles. The number of rotatable bonds is 4. The quantitative estimate of drug-likeness (QED) is 0.456. The molecule has 2 rings (SSSR count). The van der Waals surface area contributed by atoms with Gasteiger partial charge in [0.05, 0.1) is 4.90 Å². The number of nitrogens with one attached hydrogen (secondary N) is 1. The van der Waals surface area contributed by atoms with E-state index in [1.54, 1.807) is 50.2 Å². The molecule has 0 spiro atoms. The normalized spacial score (nSPS) is 11.8. The summed E-state index contributed by atoms with van der Waals surface area (Å²) in [6.45, 7) is 3.27. The minimum atomic E-state index is -3.76. The van der Waals surface area contributed by atoms with Gasteiger partial charge in [-0.05, 0) is 56.3 Å². The number of halogens is 1. The molecule has 0 saturated heterocycles. The highest BCUT2D eigenvalue weighted by atomic mass is 35.5. The first-order chi connectivity index (χ1) is 12.2. The van der Waals surface area contributed by atoms with Crippen molar-refractivity contribution in [1.29, 1.82) is 0 Å². The number of hydrogen-bond acceptors (Lipinski definition) is 4. The Morgan fingerprint density at radius 2 is 1.92 bits per heavy atom. The lowest BCUT2D eigenvalue weighted by molar-refractivity contribution is -0.0279. The highest BCUT2D eigenvalue weighted by Gasteiger charge is 2.14. The first-order valence-corrected chi connectivity index (χ1v) is 9.84. The van der Waals surface area contributed by atoms with Gasteiger partial charge in [0.1, 0.15) is 11.0 Å². The predicted molar refractivity (Wildman–Crippen MR) is 107 cm³/mol. The smallest absolute Gasteiger partial charge is 0.261 e. The van der Waals surface area contributed by atoms with Gasteiger partial charge in [-0.3, -0.25) is 9.93 Å². The van der Waals surface area contributed by atoms with E-state index in [2.05, 4.69) is 16.6 Å². The molecule has 136 valence electrons. The van der Waals surface area contributed by atoms with E-state index in [1.807, 2.05) is 0 Å². The molecule has 2 aromatic rings. The lowest BCUT2D eigenvalue weighted by Gasteiger charge is -2.17. The first-order valence-electron chi connectivity index (χ1n) is 7.58. The molecule has 0 aliphatic carbocycles. The third kappa shape index (κ3) is 5.44. The van der Waals surface area contributed by atoms with Crippen LogP contribution in [0, 0.1) is 11.8 Å². The topological polar surface area (TPSA) is 69.6 Å². The number of hydrogen-bond donors (Lipinski definition) is 2. The number of sulfonamides is 1. The number of thiocarbonyl (C=S) groups is 1. The van der Waals surface area contributed by atoms with Gasteiger partial charge < -0.3 is 0 Å². The van der Waals surface area contributed by atoms with Crippen molar-refractivity contribution in [3.05, 3.63) is 59.1 Å². The summed E-state index contributed by atoms with van der Waals surface area (Å²) in [6, 6.07) is 12.1. The lowest BCUT2D eigenvalue weighted by atomic mass is 10.2. The van der Waals surface area contributed by atoms with Crippen LogP contribution in [0.2, 0.25) is 5.02 Å². The first kappa shape index (κ1) is 20.2. The lowest BCUT2D eigenvalue weighted by Crippen LogP contribution is -2.31. The van der Waals surface area contributed by atoms with E-state index in [0.29, 0.717) is 21.3 Å². The summed E-state index contributed by atoms with van der Waals surface area (Å²) < 4.78 is 27.5. The Labute approximate surface area is 163 Å². The number of hydroxylamine groups is 2. The molecule has 0 saturated carbocycles. The van der Waals surface area contributed by atoms with Crippen molar-refractivity contribution in [2.75, 3.05) is 4.72 Å². The van der Waals surface area contributed by atoms with Crippen molar-refractivity contribution in [2.45, 2.75) is 24.8 Å². The number of benzene rings is 2. The minimum absolute atomic E-state index is 0.0822. The maximum Gasteiger partial charge on any atom is 0.261 e. The molecule has 0 bridgehead atoms. The van der Waals surface area contributed by atoms with Crippen LogP contribution in [-0.4, -0.2) is 29.7 Å². The average molecular weight is 409 g/mol. The zero-order valence-corrected chi connectivity index (χ0v) is 16.5. The van der Waals surface area contributed by atoms with Gasteiger partial charge >= 0.3 is 0 Å². The van der Waals surface area contributed by atoms with E-state index >= 15 is 0 Å². The monoisotopic (exact) mass is 408 g/mol. The Hall–Kier alpha value is -2.11. The highest BCUT2D eigenvalue weighted by molar-refractivity contribution is 7.92. The fraction of sp³-hybridized carbons (Fsp3) is 0.167. The highest BCUT2D eigenvalue weighted by Crippen LogP contribution is 2.19. The molecule has 0 amide bonds. The number of anilines is 1. The summed E-state index contributed by atoms with van der Waals surface area (Å²) in [6.07, 6.45) is 0. The van der Waals surface area contributed by atoms with Gasteiger partial charge in [-0.15, -0.1) is 0 Å². The van der Waals surface area contributed by atoms with Gasteiger partial charge in [0, 0.05) is 16.3 Å². The van der Waals surface area contributed by atoms with Gasteiger partial charge in [-0.2, -0.15) is 0 Å². The van der Waals surface area contributed by atoms with Crippen molar-refractivity contribution < 1.29 is 13.6 Å². The summed E-state index contributed by atoms with van der Waals surface area (Å²) in [5.74, 6) is 5.67. The second-order valence-electron chi connectivity index (χ2n) is 5.45. The summed E-state index contributed by atoms with van der Waals surface area (Å²) in [4.78, 5) is 0.383. The van der Waals surface area contributed by atoms with Crippen LogP contribution < -0.4 is 4.72 Å². The Morgan fingerprint density at radius 1 is 1.27 bits per heavy atom. The van der Waals surface area contributed by atoms with Crippen LogP contribution in [0.5, 0.6) is 0 Å². The van der Waals surface area contributed by atoms with Crippen molar-refractivity contribution >= 4 is 44.5 Å². The van der Waals surface area contributed by atoms with E-state index in [-0.39, 0.29) is 4.90 Å². The van der Waals surface area contributed by atoms with E-state index in [4.69, 9.17) is 23.8 Å². The fourth-order valence-corrected chi connectivity index (χ4v) is 3.38. The summed E-state index contributed by atoms with van der Waals surface area (Å²) in [5.41, 5.74) is 0.915. The second-order valence-corrected chi connectivity index (χ2v) is 8.16. The van der Waals surface area contributed by atoms with Crippen LogP contribution in [0.1, 0.15) is 19.4 Å². The zero-order chi connectivity index (χ0) is 19.3. The molecular formula is C18H17ClN2O3S2. The standard InChI is InChI=1S/C18H17ClN2O3S2/c1-13(21(22)14(2)25)6-7-15-4-3-5-18(12-15)26(23,24)20-17-10-8-16(19)9-11-17/h3-5,8-13,20,22H,1-2H3. The van der Waals surface area contributed by atoms with Gasteiger partial charge in [-0.1, -0.05) is 41.7 Å². The van der Waals surface area contributed by atoms with Gasteiger partial charge in [0.25, 0.3) is 10.0 Å². The van der Waals surface area contributed by atoms with Crippen molar-refractivity contribution in [3.63, 3.8) is 0 Å². The van der Waals surface area contributed by atoms with E-state index in [9.17, 15) is 13.6 Å². The third-order valence-corrected chi connectivity index (χ3v) is 5.17. The van der Waals surface area contributed by atoms with E-state index in [0.717, 1.165) is 5.06 Å². The maximum atomic E-state index is 12.5. The largest absolute Gasteiger partial charge is 0.287 e. The van der Waals surface area contributed by atoms with Crippen molar-refractivity contribution in [3.8, 4) is 11.8 Å². The molecule has 0 heterocycles. The van der Waals surface area contributed by atoms with Gasteiger partial charge in [0.2, 0.25) is 0 Å². The van der Waals surface area contributed by atoms with Crippen molar-refractivity contribution in [1.82, 2.24) is 5.06 Å². The summed E-state index contributed by atoms with van der Waals surface area (Å²) in [7, 11) is -3.76. The third-order valence-electron chi connectivity index (χ3n) is 3.36. The summed E-state index contributed by atoms with van der Waals surface area (Å²) >= 11 is 10.7. The van der Waals surface area contributed by atoms with Crippen LogP contribution >= 0.6 is 23.8 Å². The molecule has 0 radical (unpaired) electrons. The molecule has 0 fully saturated rings. The molecule has 2 aromatic carbocycles. The maximum absolute atomic E-state index is 12.5.